The number of hydrogen-bond donors (Lipinski definition) is 1. The van der Waals surface area contributed by atoms with Crippen molar-refractivity contribution in [3.8, 4) is 0 Å². The summed E-state index contributed by atoms with van der Waals surface area (Å²) in [6.07, 6.45) is 1.92. The molecule has 17 heavy (non-hydrogen) atoms. The molecule has 2 rings (SSSR count). The van der Waals surface area contributed by atoms with E-state index in [0.29, 0.717) is 31.0 Å². The Labute approximate surface area is 101 Å². The molecule has 1 aliphatic rings. The first kappa shape index (κ1) is 12.0. The number of aliphatic hydroxyl groups excluding tert-OH is 1. The molecule has 0 aliphatic carbocycles. The standard InChI is InChI=1S/C13H18N2O2/c1-9(2)12-4-3-10(7-14-12)13(17)15-6-5-11(16)8-15/h3-4,7,9,11,16H,5-6,8H2,1-2H3/t11-/m1/s1. The lowest BCUT2D eigenvalue weighted by Crippen LogP contribution is -2.29. The van der Waals surface area contributed by atoms with Crippen LogP contribution >= 0.6 is 0 Å². The van der Waals surface area contributed by atoms with E-state index in [9.17, 15) is 9.90 Å². The number of aliphatic hydroxyl groups is 1. The van der Waals surface area contributed by atoms with E-state index in [4.69, 9.17) is 0 Å². The van der Waals surface area contributed by atoms with Crippen molar-refractivity contribution >= 4 is 5.91 Å². The van der Waals surface area contributed by atoms with Gasteiger partial charge in [-0.25, -0.2) is 0 Å². The SMILES string of the molecule is CC(C)c1ccc(C(=O)N2CC[C@@H](O)C2)cn1. The maximum Gasteiger partial charge on any atom is 0.255 e. The Kier molecular flexibility index (Phi) is 3.43. The first-order valence-electron chi connectivity index (χ1n) is 6.01. The third kappa shape index (κ3) is 2.64. The fourth-order valence-electron chi connectivity index (χ4n) is 1.98. The highest BCUT2D eigenvalue weighted by atomic mass is 16.3. The van der Waals surface area contributed by atoms with Crippen molar-refractivity contribution in [2.75, 3.05) is 13.1 Å². The number of pyridine rings is 1. The van der Waals surface area contributed by atoms with Crippen LogP contribution in [0.3, 0.4) is 0 Å². The van der Waals surface area contributed by atoms with E-state index in [1.807, 2.05) is 12.1 Å². The minimum atomic E-state index is -0.373. The van der Waals surface area contributed by atoms with Crippen LogP contribution in [-0.2, 0) is 0 Å². The number of nitrogens with zero attached hydrogens (tertiary/aromatic N) is 2. The van der Waals surface area contributed by atoms with Gasteiger partial charge in [0.15, 0.2) is 0 Å². The molecule has 0 aromatic carbocycles. The number of hydrogen-bond acceptors (Lipinski definition) is 3. The van der Waals surface area contributed by atoms with Gasteiger partial charge in [-0.05, 0) is 24.5 Å². The van der Waals surface area contributed by atoms with Crippen LogP contribution < -0.4 is 0 Å². The van der Waals surface area contributed by atoms with Gasteiger partial charge in [-0.15, -0.1) is 0 Å². The zero-order chi connectivity index (χ0) is 12.4. The molecule has 2 heterocycles. The lowest BCUT2D eigenvalue weighted by Gasteiger charge is -2.15. The van der Waals surface area contributed by atoms with Gasteiger partial charge in [0, 0.05) is 25.0 Å². The second-order valence-corrected chi connectivity index (χ2v) is 4.82. The van der Waals surface area contributed by atoms with E-state index in [0.717, 1.165) is 5.69 Å². The molecule has 0 saturated carbocycles. The van der Waals surface area contributed by atoms with Gasteiger partial charge in [-0.1, -0.05) is 13.8 Å². The molecule has 92 valence electrons. The molecular weight excluding hydrogens is 216 g/mol. The summed E-state index contributed by atoms with van der Waals surface area (Å²) in [6.45, 7) is 5.21. The molecule has 0 spiro atoms. The van der Waals surface area contributed by atoms with E-state index in [-0.39, 0.29) is 12.0 Å². The summed E-state index contributed by atoms with van der Waals surface area (Å²) in [7, 11) is 0. The normalized spacial score (nSPS) is 20.0. The van der Waals surface area contributed by atoms with Crippen LogP contribution in [0.2, 0.25) is 0 Å². The van der Waals surface area contributed by atoms with E-state index < -0.39 is 0 Å². The fraction of sp³-hybridized carbons (Fsp3) is 0.538. The Balaban J connectivity index is 2.09. The van der Waals surface area contributed by atoms with Crippen molar-refractivity contribution in [3.05, 3.63) is 29.6 Å². The highest BCUT2D eigenvalue weighted by Crippen LogP contribution is 2.15. The Morgan fingerprint density at radius 3 is 2.76 bits per heavy atom. The number of rotatable bonds is 2. The van der Waals surface area contributed by atoms with Crippen molar-refractivity contribution in [1.82, 2.24) is 9.88 Å². The summed E-state index contributed by atoms with van der Waals surface area (Å²) in [5.41, 5.74) is 1.59. The van der Waals surface area contributed by atoms with Crippen LogP contribution in [0.5, 0.6) is 0 Å². The van der Waals surface area contributed by atoms with E-state index in [1.54, 1.807) is 11.1 Å². The third-order valence-electron chi connectivity index (χ3n) is 3.08. The quantitative estimate of drug-likeness (QED) is 0.841. The molecule has 4 nitrogen and oxygen atoms in total. The van der Waals surface area contributed by atoms with Crippen molar-refractivity contribution in [2.24, 2.45) is 0 Å². The minimum absolute atomic E-state index is 0.0376. The molecule has 4 heteroatoms. The lowest BCUT2D eigenvalue weighted by atomic mass is 10.1. The monoisotopic (exact) mass is 234 g/mol. The Morgan fingerprint density at radius 1 is 1.53 bits per heavy atom. The maximum absolute atomic E-state index is 12.0. The second-order valence-electron chi connectivity index (χ2n) is 4.82. The van der Waals surface area contributed by atoms with Crippen molar-refractivity contribution in [3.63, 3.8) is 0 Å². The molecule has 1 aromatic rings. The summed E-state index contributed by atoms with van der Waals surface area (Å²) < 4.78 is 0. The van der Waals surface area contributed by atoms with E-state index in [1.165, 1.54) is 0 Å². The largest absolute Gasteiger partial charge is 0.391 e. The first-order valence-corrected chi connectivity index (χ1v) is 6.01. The van der Waals surface area contributed by atoms with Crippen molar-refractivity contribution in [1.29, 1.82) is 0 Å². The number of carbonyl (C=O) groups is 1. The molecule has 1 N–H and O–H groups in total. The molecule has 1 atom stereocenters. The van der Waals surface area contributed by atoms with Gasteiger partial charge in [-0.3, -0.25) is 9.78 Å². The third-order valence-corrected chi connectivity index (χ3v) is 3.08. The van der Waals surface area contributed by atoms with Crippen LogP contribution in [0, 0.1) is 0 Å². The molecule has 0 radical (unpaired) electrons. The Hall–Kier alpha value is -1.42. The topological polar surface area (TPSA) is 53.4 Å². The number of β-amino-alcohol motifs (C(OH)–C–C–N with tert-alkyl or cyclic N) is 1. The highest BCUT2D eigenvalue weighted by Gasteiger charge is 2.25. The fourth-order valence-corrected chi connectivity index (χ4v) is 1.98. The predicted octanol–water partition coefficient (Wildman–Crippen LogP) is 1.41. The summed E-state index contributed by atoms with van der Waals surface area (Å²) in [5.74, 6) is 0.331. The molecular formula is C13H18N2O2. The summed E-state index contributed by atoms with van der Waals surface area (Å²) in [5, 5.41) is 9.40. The van der Waals surface area contributed by atoms with Gasteiger partial charge >= 0.3 is 0 Å². The zero-order valence-corrected chi connectivity index (χ0v) is 10.3. The molecule has 0 unspecified atom stereocenters. The molecule has 1 saturated heterocycles. The number of aromatic nitrogens is 1. The average molecular weight is 234 g/mol. The number of likely N-dealkylation sites (tertiary alicyclic amines) is 1. The predicted molar refractivity (Wildman–Crippen MR) is 64.9 cm³/mol. The van der Waals surface area contributed by atoms with Crippen LogP contribution in [0.1, 0.15) is 42.2 Å². The smallest absolute Gasteiger partial charge is 0.255 e. The van der Waals surface area contributed by atoms with Crippen molar-refractivity contribution < 1.29 is 9.90 Å². The molecule has 0 bridgehead atoms. The van der Waals surface area contributed by atoms with E-state index in [2.05, 4.69) is 18.8 Å². The average Bonchev–Trinajstić information content (AvgIpc) is 2.75. The molecule has 1 fully saturated rings. The summed E-state index contributed by atoms with van der Waals surface area (Å²) >= 11 is 0. The maximum atomic E-state index is 12.0. The summed E-state index contributed by atoms with van der Waals surface area (Å²) in [4.78, 5) is 18.0. The molecule has 1 amide bonds. The van der Waals surface area contributed by atoms with Gasteiger partial charge in [-0.2, -0.15) is 0 Å². The zero-order valence-electron chi connectivity index (χ0n) is 10.3. The van der Waals surface area contributed by atoms with Gasteiger partial charge in [0.2, 0.25) is 0 Å². The highest BCUT2D eigenvalue weighted by molar-refractivity contribution is 5.94. The molecule has 1 aliphatic heterocycles. The van der Waals surface area contributed by atoms with Crippen LogP contribution in [0.25, 0.3) is 0 Å². The van der Waals surface area contributed by atoms with Crippen LogP contribution in [0.4, 0.5) is 0 Å². The first-order chi connectivity index (χ1) is 8.08. The van der Waals surface area contributed by atoms with Crippen molar-refractivity contribution in [2.45, 2.75) is 32.3 Å². The molecule has 1 aromatic heterocycles. The Bertz CT molecular complexity index is 400. The van der Waals surface area contributed by atoms with Gasteiger partial charge in [0.1, 0.15) is 0 Å². The van der Waals surface area contributed by atoms with Gasteiger partial charge in [0.25, 0.3) is 5.91 Å². The van der Waals surface area contributed by atoms with Gasteiger partial charge in [0.05, 0.1) is 11.7 Å². The number of carbonyl (C=O) groups excluding carboxylic acids is 1. The van der Waals surface area contributed by atoms with Gasteiger partial charge < -0.3 is 10.0 Å². The van der Waals surface area contributed by atoms with E-state index >= 15 is 0 Å². The second kappa shape index (κ2) is 4.84. The summed E-state index contributed by atoms with van der Waals surface area (Å²) in [6, 6.07) is 3.71. The number of amides is 1. The Morgan fingerprint density at radius 2 is 2.29 bits per heavy atom. The minimum Gasteiger partial charge on any atom is -0.391 e. The van der Waals surface area contributed by atoms with Crippen LogP contribution in [-0.4, -0.2) is 40.1 Å². The lowest BCUT2D eigenvalue weighted by molar-refractivity contribution is 0.0764. The van der Waals surface area contributed by atoms with Crippen LogP contribution in [0.15, 0.2) is 18.3 Å².